The maximum absolute atomic E-state index is 5.52. The van der Waals surface area contributed by atoms with E-state index in [0.717, 1.165) is 22.0 Å². The van der Waals surface area contributed by atoms with Gasteiger partial charge in [0.15, 0.2) is 5.16 Å². The monoisotopic (exact) mass is 290 g/mol. The highest BCUT2D eigenvalue weighted by atomic mass is 32.2. The Labute approximate surface area is 122 Å². The van der Waals surface area contributed by atoms with Crippen LogP contribution in [0, 0.1) is 13.8 Å². The van der Waals surface area contributed by atoms with E-state index in [1.165, 1.54) is 11.8 Å². The molecule has 106 valence electrons. The minimum Gasteiger partial charge on any atom is -0.308 e. The van der Waals surface area contributed by atoms with Crippen LogP contribution in [0.1, 0.15) is 36.7 Å². The van der Waals surface area contributed by atoms with Crippen molar-refractivity contribution in [2.45, 2.75) is 43.8 Å². The second-order valence-corrected chi connectivity index (χ2v) is 5.76. The summed E-state index contributed by atoms with van der Waals surface area (Å²) in [6.45, 7) is 7.97. The average Bonchev–Trinajstić information content (AvgIpc) is 2.43. The summed E-state index contributed by atoms with van der Waals surface area (Å²) < 4.78 is 0. The SMILES string of the molecule is Cc1cnc(Sc2nc(C(C)C)nc(NN)c2C)nc1. The number of nitrogen functional groups attached to an aromatic ring is 1. The van der Waals surface area contributed by atoms with Gasteiger partial charge in [-0.05, 0) is 31.2 Å². The van der Waals surface area contributed by atoms with Crippen molar-refractivity contribution in [3.05, 3.63) is 29.3 Å². The fourth-order valence-corrected chi connectivity index (χ4v) is 2.30. The smallest absolute Gasteiger partial charge is 0.193 e. The van der Waals surface area contributed by atoms with Gasteiger partial charge >= 0.3 is 0 Å². The van der Waals surface area contributed by atoms with Crippen molar-refractivity contribution in [3.8, 4) is 0 Å². The van der Waals surface area contributed by atoms with Crippen LogP contribution < -0.4 is 11.3 Å². The van der Waals surface area contributed by atoms with E-state index in [9.17, 15) is 0 Å². The van der Waals surface area contributed by atoms with Crippen molar-refractivity contribution in [1.82, 2.24) is 19.9 Å². The Morgan fingerprint density at radius 1 is 1.15 bits per heavy atom. The molecular formula is C13H18N6S. The van der Waals surface area contributed by atoms with Crippen LogP contribution in [-0.4, -0.2) is 19.9 Å². The van der Waals surface area contributed by atoms with Gasteiger partial charge in [0, 0.05) is 23.9 Å². The summed E-state index contributed by atoms with van der Waals surface area (Å²) in [5.74, 6) is 7.13. The predicted octanol–water partition coefficient (Wildman–Crippen LogP) is 2.44. The molecule has 0 saturated heterocycles. The molecule has 0 aliphatic rings. The standard InChI is InChI=1S/C13H18N6S/c1-7(2)10-17-11(19-14)9(4)12(18-10)20-13-15-5-8(3)6-16-13/h5-7H,14H2,1-4H3,(H,17,18,19). The molecule has 0 aromatic carbocycles. The first-order chi connectivity index (χ1) is 9.51. The Morgan fingerprint density at radius 2 is 1.80 bits per heavy atom. The Hall–Kier alpha value is -1.73. The molecule has 2 heterocycles. The third kappa shape index (κ3) is 3.23. The molecule has 2 aromatic rings. The van der Waals surface area contributed by atoms with E-state index >= 15 is 0 Å². The molecule has 0 spiro atoms. The molecule has 0 fully saturated rings. The van der Waals surface area contributed by atoms with E-state index in [4.69, 9.17) is 5.84 Å². The van der Waals surface area contributed by atoms with E-state index in [1.807, 2.05) is 27.7 Å². The second-order valence-electron chi connectivity index (χ2n) is 4.80. The number of rotatable bonds is 4. The number of aryl methyl sites for hydroxylation is 1. The number of nitrogens with zero attached hydrogens (tertiary/aromatic N) is 4. The van der Waals surface area contributed by atoms with Gasteiger partial charge in [-0.2, -0.15) is 0 Å². The van der Waals surface area contributed by atoms with Crippen LogP contribution in [0.3, 0.4) is 0 Å². The molecule has 0 aliphatic heterocycles. The fraction of sp³-hybridized carbons (Fsp3) is 0.385. The van der Waals surface area contributed by atoms with E-state index in [1.54, 1.807) is 12.4 Å². The van der Waals surface area contributed by atoms with Gasteiger partial charge in [0.2, 0.25) is 0 Å². The molecule has 0 atom stereocenters. The van der Waals surface area contributed by atoms with Gasteiger partial charge in [0.1, 0.15) is 16.7 Å². The maximum atomic E-state index is 5.52. The van der Waals surface area contributed by atoms with E-state index in [-0.39, 0.29) is 5.92 Å². The molecule has 2 aromatic heterocycles. The number of aromatic nitrogens is 4. The predicted molar refractivity (Wildman–Crippen MR) is 79.6 cm³/mol. The maximum Gasteiger partial charge on any atom is 0.193 e. The van der Waals surface area contributed by atoms with Gasteiger partial charge in [0.25, 0.3) is 0 Å². The van der Waals surface area contributed by atoms with Crippen molar-refractivity contribution < 1.29 is 0 Å². The normalized spacial score (nSPS) is 10.9. The van der Waals surface area contributed by atoms with Gasteiger partial charge in [0.05, 0.1) is 0 Å². The molecule has 0 unspecified atom stereocenters. The summed E-state index contributed by atoms with van der Waals surface area (Å²) in [7, 11) is 0. The molecule has 7 heteroatoms. The van der Waals surface area contributed by atoms with Gasteiger partial charge in [-0.1, -0.05) is 13.8 Å². The topological polar surface area (TPSA) is 89.6 Å². The van der Waals surface area contributed by atoms with E-state index in [2.05, 4.69) is 25.4 Å². The fourth-order valence-electron chi connectivity index (χ4n) is 1.53. The molecule has 2 rings (SSSR count). The molecule has 6 nitrogen and oxygen atoms in total. The quantitative estimate of drug-likeness (QED) is 0.387. The van der Waals surface area contributed by atoms with Crippen molar-refractivity contribution in [1.29, 1.82) is 0 Å². The summed E-state index contributed by atoms with van der Waals surface area (Å²) >= 11 is 1.42. The highest BCUT2D eigenvalue weighted by Crippen LogP contribution is 2.30. The Morgan fingerprint density at radius 3 is 2.35 bits per heavy atom. The van der Waals surface area contributed by atoms with E-state index < -0.39 is 0 Å². The molecular weight excluding hydrogens is 272 g/mol. The lowest BCUT2D eigenvalue weighted by atomic mass is 10.2. The van der Waals surface area contributed by atoms with E-state index in [0.29, 0.717) is 11.0 Å². The lowest BCUT2D eigenvalue weighted by Crippen LogP contribution is -2.13. The summed E-state index contributed by atoms with van der Waals surface area (Å²) in [6, 6.07) is 0. The first-order valence-corrected chi connectivity index (χ1v) is 7.14. The number of hydrogen-bond acceptors (Lipinski definition) is 7. The minimum absolute atomic E-state index is 0.223. The van der Waals surface area contributed by atoms with Crippen LogP contribution in [0.4, 0.5) is 5.82 Å². The first kappa shape index (κ1) is 14.7. The van der Waals surface area contributed by atoms with Crippen molar-refractivity contribution >= 4 is 17.6 Å². The summed E-state index contributed by atoms with van der Waals surface area (Å²) in [6.07, 6.45) is 3.58. The van der Waals surface area contributed by atoms with Gasteiger partial charge in [-0.15, -0.1) is 0 Å². The lowest BCUT2D eigenvalue weighted by molar-refractivity contribution is 0.748. The highest BCUT2D eigenvalue weighted by molar-refractivity contribution is 7.99. The molecule has 0 bridgehead atoms. The average molecular weight is 290 g/mol. The number of nitrogens with one attached hydrogen (secondary N) is 1. The third-order valence-corrected chi connectivity index (χ3v) is 3.70. The molecule has 3 N–H and O–H groups in total. The Kier molecular flexibility index (Phi) is 4.51. The molecule has 0 radical (unpaired) electrons. The zero-order valence-corrected chi connectivity index (χ0v) is 12.8. The van der Waals surface area contributed by atoms with Crippen LogP contribution in [-0.2, 0) is 0 Å². The Balaban J connectivity index is 2.39. The summed E-state index contributed by atoms with van der Waals surface area (Å²) in [5.41, 5.74) is 4.54. The van der Waals surface area contributed by atoms with Crippen molar-refractivity contribution in [2.24, 2.45) is 5.84 Å². The van der Waals surface area contributed by atoms with Crippen molar-refractivity contribution in [2.75, 3.05) is 5.43 Å². The third-order valence-electron chi connectivity index (χ3n) is 2.72. The number of hydrazine groups is 1. The van der Waals surface area contributed by atoms with Crippen molar-refractivity contribution in [3.63, 3.8) is 0 Å². The molecule has 0 aliphatic carbocycles. The first-order valence-electron chi connectivity index (χ1n) is 6.33. The van der Waals surface area contributed by atoms with Crippen LogP contribution in [0.2, 0.25) is 0 Å². The zero-order chi connectivity index (χ0) is 14.7. The number of nitrogens with two attached hydrogens (primary N) is 1. The molecule has 0 saturated carbocycles. The number of anilines is 1. The zero-order valence-electron chi connectivity index (χ0n) is 12.0. The largest absolute Gasteiger partial charge is 0.308 e. The molecule has 0 amide bonds. The highest BCUT2D eigenvalue weighted by Gasteiger charge is 2.14. The minimum atomic E-state index is 0.223. The van der Waals surface area contributed by atoms with Crippen LogP contribution in [0.15, 0.2) is 22.6 Å². The summed E-state index contributed by atoms with van der Waals surface area (Å²) in [4.78, 5) is 17.5. The van der Waals surface area contributed by atoms with Crippen LogP contribution in [0.25, 0.3) is 0 Å². The van der Waals surface area contributed by atoms with Gasteiger partial charge in [-0.25, -0.2) is 25.8 Å². The van der Waals surface area contributed by atoms with Gasteiger partial charge in [-0.3, -0.25) is 0 Å². The molecule has 20 heavy (non-hydrogen) atoms. The van der Waals surface area contributed by atoms with Crippen LogP contribution in [0.5, 0.6) is 0 Å². The number of hydrogen-bond donors (Lipinski definition) is 2. The van der Waals surface area contributed by atoms with Gasteiger partial charge < -0.3 is 5.43 Å². The Bertz CT molecular complexity index is 597. The van der Waals surface area contributed by atoms with Crippen LogP contribution >= 0.6 is 11.8 Å². The summed E-state index contributed by atoms with van der Waals surface area (Å²) in [5, 5.41) is 1.48. The lowest BCUT2D eigenvalue weighted by Gasteiger charge is -2.12. The second kappa shape index (κ2) is 6.15.